The summed E-state index contributed by atoms with van der Waals surface area (Å²) in [5, 5.41) is 4.00. The molecule has 2 rings (SSSR count). The van der Waals surface area contributed by atoms with Gasteiger partial charge in [0.05, 0.1) is 12.6 Å². The van der Waals surface area contributed by atoms with Crippen LogP contribution >= 0.6 is 27.5 Å². The Morgan fingerprint density at radius 3 is 2.82 bits per heavy atom. The summed E-state index contributed by atoms with van der Waals surface area (Å²) in [6.07, 6.45) is 4.33. The number of benzene rings is 1. The lowest BCUT2D eigenvalue weighted by atomic mass is 10.0. The molecule has 92 valence electrons. The molecular formula is C13H15BrClNO. The molecule has 1 unspecified atom stereocenters. The van der Waals surface area contributed by atoms with Gasteiger partial charge in [-0.05, 0) is 49.7 Å². The van der Waals surface area contributed by atoms with E-state index in [1.165, 1.54) is 0 Å². The Morgan fingerprint density at radius 1 is 1.41 bits per heavy atom. The number of ether oxygens (including phenoxy) is 1. The average molecular weight is 317 g/mol. The molecule has 0 amide bonds. The normalized spacial score (nSPS) is 17.2. The summed E-state index contributed by atoms with van der Waals surface area (Å²) < 4.78 is 6.69. The van der Waals surface area contributed by atoms with Crippen molar-refractivity contribution in [2.45, 2.75) is 18.9 Å². The van der Waals surface area contributed by atoms with E-state index >= 15 is 0 Å². The highest BCUT2D eigenvalue weighted by atomic mass is 79.9. The van der Waals surface area contributed by atoms with Gasteiger partial charge in [-0.1, -0.05) is 27.5 Å². The van der Waals surface area contributed by atoms with Crippen molar-refractivity contribution in [2.75, 3.05) is 13.7 Å². The number of allylic oxidation sites excluding steroid dienone is 1. The van der Waals surface area contributed by atoms with Gasteiger partial charge in [0.15, 0.2) is 0 Å². The minimum atomic E-state index is 0.0744. The van der Waals surface area contributed by atoms with Crippen molar-refractivity contribution in [2.24, 2.45) is 0 Å². The van der Waals surface area contributed by atoms with Crippen molar-refractivity contribution in [1.82, 2.24) is 5.32 Å². The Morgan fingerprint density at radius 2 is 2.24 bits per heavy atom. The number of nitrogens with one attached hydrogen (secondary N) is 1. The van der Waals surface area contributed by atoms with Crippen molar-refractivity contribution in [3.63, 3.8) is 0 Å². The molecule has 0 bridgehead atoms. The Kier molecular flexibility index (Phi) is 4.48. The van der Waals surface area contributed by atoms with Gasteiger partial charge in [0.1, 0.15) is 5.76 Å². The first-order valence-electron chi connectivity index (χ1n) is 5.67. The number of likely N-dealkylation sites (N-methyl/N-ethyl adjacent to an activating group) is 1. The van der Waals surface area contributed by atoms with Crippen LogP contribution in [0, 0.1) is 0 Å². The van der Waals surface area contributed by atoms with Crippen LogP contribution in [0.25, 0.3) is 0 Å². The maximum Gasteiger partial charge on any atom is 0.113 e. The van der Waals surface area contributed by atoms with Crippen LogP contribution < -0.4 is 5.32 Å². The third-order valence-electron chi connectivity index (χ3n) is 2.75. The van der Waals surface area contributed by atoms with Crippen LogP contribution in [-0.4, -0.2) is 13.7 Å². The van der Waals surface area contributed by atoms with E-state index in [0.29, 0.717) is 0 Å². The van der Waals surface area contributed by atoms with E-state index in [-0.39, 0.29) is 6.04 Å². The highest BCUT2D eigenvalue weighted by Crippen LogP contribution is 2.29. The molecule has 0 saturated carbocycles. The van der Waals surface area contributed by atoms with E-state index in [2.05, 4.69) is 33.4 Å². The van der Waals surface area contributed by atoms with Gasteiger partial charge >= 0.3 is 0 Å². The molecule has 1 aromatic carbocycles. The molecule has 1 aliphatic rings. The monoisotopic (exact) mass is 315 g/mol. The van der Waals surface area contributed by atoms with Gasteiger partial charge in [-0.2, -0.15) is 0 Å². The predicted molar refractivity (Wildman–Crippen MR) is 74.2 cm³/mol. The van der Waals surface area contributed by atoms with Crippen LogP contribution in [0.1, 0.15) is 24.4 Å². The second-order valence-corrected chi connectivity index (χ2v) is 5.37. The molecular weight excluding hydrogens is 302 g/mol. The molecule has 1 atom stereocenters. The van der Waals surface area contributed by atoms with E-state index in [1.54, 1.807) is 0 Å². The average Bonchev–Trinajstić information content (AvgIpc) is 2.30. The summed E-state index contributed by atoms with van der Waals surface area (Å²) in [5.41, 5.74) is 1.11. The highest BCUT2D eigenvalue weighted by molar-refractivity contribution is 9.10. The zero-order valence-electron chi connectivity index (χ0n) is 9.67. The fraction of sp³-hybridized carbons (Fsp3) is 0.385. The number of hydrogen-bond acceptors (Lipinski definition) is 2. The quantitative estimate of drug-likeness (QED) is 0.908. The van der Waals surface area contributed by atoms with Crippen molar-refractivity contribution >= 4 is 27.5 Å². The van der Waals surface area contributed by atoms with Crippen molar-refractivity contribution in [1.29, 1.82) is 0 Å². The van der Waals surface area contributed by atoms with Gasteiger partial charge < -0.3 is 10.1 Å². The van der Waals surface area contributed by atoms with Crippen molar-refractivity contribution < 1.29 is 4.74 Å². The summed E-state index contributed by atoms with van der Waals surface area (Å²) in [7, 11) is 1.93. The first-order valence-corrected chi connectivity index (χ1v) is 6.84. The van der Waals surface area contributed by atoms with Gasteiger partial charge in [-0.25, -0.2) is 0 Å². The predicted octanol–water partition coefficient (Wildman–Crippen LogP) is 4.06. The second-order valence-electron chi connectivity index (χ2n) is 4.02. The lowest BCUT2D eigenvalue weighted by molar-refractivity contribution is 0.169. The van der Waals surface area contributed by atoms with Crippen molar-refractivity contribution in [3.05, 3.63) is 45.1 Å². The fourth-order valence-electron chi connectivity index (χ4n) is 1.99. The smallest absolute Gasteiger partial charge is 0.113 e. The maximum atomic E-state index is 6.07. The summed E-state index contributed by atoms with van der Waals surface area (Å²) in [5.74, 6) is 0.993. The number of hydrogen-bond donors (Lipinski definition) is 1. The molecule has 1 aliphatic heterocycles. The van der Waals surface area contributed by atoms with Crippen LogP contribution in [0.4, 0.5) is 0 Å². The topological polar surface area (TPSA) is 21.3 Å². The van der Waals surface area contributed by atoms with Crippen LogP contribution in [0.15, 0.2) is 34.5 Å². The highest BCUT2D eigenvalue weighted by Gasteiger charge is 2.18. The zero-order valence-corrected chi connectivity index (χ0v) is 12.0. The van der Waals surface area contributed by atoms with Gasteiger partial charge in [-0.3, -0.25) is 0 Å². The molecule has 1 N–H and O–H groups in total. The number of rotatable bonds is 3. The lowest BCUT2D eigenvalue weighted by Crippen LogP contribution is -2.22. The fourth-order valence-corrected chi connectivity index (χ4v) is 2.88. The van der Waals surface area contributed by atoms with E-state index in [0.717, 1.165) is 40.3 Å². The van der Waals surface area contributed by atoms with Crippen molar-refractivity contribution in [3.8, 4) is 0 Å². The Bertz CT molecular complexity index is 413. The summed E-state index contributed by atoms with van der Waals surface area (Å²) in [6, 6.07) is 5.98. The molecule has 0 spiro atoms. The van der Waals surface area contributed by atoms with Gasteiger partial charge in [0.2, 0.25) is 0 Å². The largest absolute Gasteiger partial charge is 0.496 e. The molecule has 1 aromatic rings. The second kappa shape index (κ2) is 5.89. The maximum absolute atomic E-state index is 6.07. The van der Waals surface area contributed by atoms with Crippen LogP contribution in [-0.2, 0) is 4.74 Å². The van der Waals surface area contributed by atoms with E-state index < -0.39 is 0 Å². The van der Waals surface area contributed by atoms with E-state index in [4.69, 9.17) is 16.3 Å². The van der Waals surface area contributed by atoms with Crippen LogP contribution in [0.2, 0.25) is 5.02 Å². The molecule has 17 heavy (non-hydrogen) atoms. The third-order valence-corrected chi connectivity index (χ3v) is 3.43. The number of halogens is 2. The van der Waals surface area contributed by atoms with E-state index in [9.17, 15) is 0 Å². The molecule has 1 heterocycles. The third kappa shape index (κ3) is 3.24. The minimum absolute atomic E-state index is 0.0744. The summed E-state index contributed by atoms with van der Waals surface area (Å²) in [6.45, 7) is 0.797. The Labute approximate surface area is 115 Å². The van der Waals surface area contributed by atoms with E-state index in [1.807, 2.05) is 19.2 Å². The molecule has 0 fully saturated rings. The molecule has 0 radical (unpaired) electrons. The molecule has 4 heteroatoms. The Balaban J connectivity index is 2.31. The zero-order chi connectivity index (χ0) is 12.3. The molecule has 0 saturated heterocycles. The first kappa shape index (κ1) is 12.9. The van der Waals surface area contributed by atoms with Gasteiger partial charge in [0.25, 0.3) is 0 Å². The SMILES string of the molecule is CNC(C1=CCCCO1)c1cc(Cl)cc(Br)c1. The van der Waals surface area contributed by atoms with Gasteiger partial charge in [-0.15, -0.1) is 0 Å². The van der Waals surface area contributed by atoms with Gasteiger partial charge in [0, 0.05) is 9.50 Å². The Hall–Kier alpha value is -0.510. The first-order chi connectivity index (χ1) is 8.20. The summed E-state index contributed by atoms with van der Waals surface area (Å²) in [4.78, 5) is 0. The minimum Gasteiger partial charge on any atom is -0.496 e. The molecule has 2 nitrogen and oxygen atoms in total. The van der Waals surface area contributed by atoms with Crippen LogP contribution in [0.5, 0.6) is 0 Å². The summed E-state index contributed by atoms with van der Waals surface area (Å²) >= 11 is 9.53. The lowest BCUT2D eigenvalue weighted by Gasteiger charge is -2.24. The standard InChI is InChI=1S/C13H15BrClNO/c1-16-13(12-4-2-3-5-17-12)9-6-10(14)8-11(15)7-9/h4,6-8,13,16H,2-3,5H2,1H3. The van der Waals surface area contributed by atoms with Crippen LogP contribution in [0.3, 0.4) is 0 Å². The molecule has 0 aliphatic carbocycles. The molecule has 0 aromatic heterocycles.